The van der Waals surface area contributed by atoms with E-state index in [1.807, 2.05) is 29.2 Å². The van der Waals surface area contributed by atoms with Gasteiger partial charge in [-0.05, 0) is 42.9 Å². The minimum absolute atomic E-state index is 0.166. The van der Waals surface area contributed by atoms with Crippen LogP contribution in [0.15, 0.2) is 24.3 Å². The summed E-state index contributed by atoms with van der Waals surface area (Å²) in [7, 11) is 0. The van der Waals surface area contributed by atoms with E-state index in [1.165, 1.54) is 0 Å². The van der Waals surface area contributed by atoms with E-state index < -0.39 is 0 Å². The fraction of sp³-hybridized carbons (Fsp3) is 0.611. The lowest BCUT2D eigenvalue weighted by Gasteiger charge is -2.46. The molecule has 2 aliphatic rings. The van der Waals surface area contributed by atoms with E-state index in [2.05, 4.69) is 6.92 Å². The van der Waals surface area contributed by atoms with Crippen LogP contribution in [0.1, 0.15) is 38.2 Å². The largest absolute Gasteiger partial charge is 0.396 e. The minimum Gasteiger partial charge on any atom is -0.396 e. The summed E-state index contributed by atoms with van der Waals surface area (Å²) in [5, 5.41) is 10.2. The third-order valence-corrected chi connectivity index (χ3v) is 5.90. The third-order valence-electron chi connectivity index (χ3n) is 5.65. The van der Waals surface area contributed by atoms with Crippen LogP contribution in [0.5, 0.6) is 0 Å². The smallest absolute Gasteiger partial charge is 0.233 e. The van der Waals surface area contributed by atoms with Crippen molar-refractivity contribution >= 4 is 17.5 Å². The second kappa shape index (κ2) is 6.21. The number of aliphatic hydroxyl groups is 1. The van der Waals surface area contributed by atoms with Gasteiger partial charge in [0.2, 0.25) is 5.91 Å². The molecule has 4 heteroatoms. The summed E-state index contributed by atoms with van der Waals surface area (Å²) >= 11 is 5.98. The summed E-state index contributed by atoms with van der Waals surface area (Å²) in [5.74, 6) is 0.938. The maximum Gasteiger partial charge on any atom is 0.233 e. The van der Waals surface area contributed by atoms with Gasteiger partial charge in [-0.1, -0.05) is 37.1 Å². The van der Waals surface area contributed by atoms with E-state index in [9.17, 15) is 9.90 Å². The Labute approximate surface area is 137 Å². The van der Waals surface area contributed by atoms with Crippen LogP contribution in [0.2, 0.25) is 5.02 Å². The van der Waals surface area contributed by atoms with E-state index >= 15 is 0 Å². The Morgan fingerprint density at radius 3 is 2.59 bits per heavy atom. The molecule has 1 aliphatic carbocycles. The number of carbonyl (C=O) groups excluding carboxylic acids is 1. The summed E-state index contributed by atoms with van der Waals surface area (Å²) in [6, 6.07) is 7.74. The van der Waals surface area contributed by atoms with Gasteiger partial charge in [-0.25, -0.2) is 0 Å². The molecule has 2 fully saturated rings. The quantitative estimate of drug-likeness (QED) is 0.928. The lowest BCUT2D eigenvalue weighted by Crippen LogP contribution is -2.54. The van der Waals surface area contributed by atoms with Crippen molar-refractivity contribution in [2.45, 2.75) is 38.0 Å². The number of hydrogen-bond acceptors (Lipinski definition) is 2. The van der Waals surface area contributed by atoms with Gasteiger partial charge < -0.3 is 10.0 Å². The zero-order valence-corrected chi connectivity index (χ0v) is 13.9. The maximum absolute atomic E-state index is 13.2. The number of halogens is 1. The first kappa shape index (κ1) is 15.8. The highest BCUT2D eigenvalue weighted by atomic mass is 35.5. The molecule has 1 amide bonds. The monoisotopic (exact) mass is 321 g/mol. The molecule has 0 radical (unpaired) electrons. The molecule has 1 N–H and O–H groups in total. The van der Waals surface area contributed by atoms with E-state index in [0.717, 1.165) is 37.8 Å². The van der Waals surface area contributed by atoms with Gasteiger partial charge in [-0.15, -0.1) is 0 Å². The molecule has 1 saturated heterocycles. The van der Waals surface area contributed by atoms with Crippen LogP contribution >= 0.6 is 11.6 Å². The normalized spacial score (nSPS) is 27.3. The van der Waals surface area contributed by atoms with Gasteiger partial charge in [-0.2, -0.15) is 0 Å². The molecule has 1 aromatic carbocycles. The molecule has 22 heavy (non-hydrogen) atoms. The van der Waals surface area contributed by atoms with Gasteiger partial charge in [0.25, 0.3) is 0 Å². The van der Waals surface area contributed by atoms with Gasteiger partial charge in [-0.3, -0.25) is 4.79 Å². The Morgan fingerprint density at radius 2 is 2.05 bits per heavy atom. The predicted octanol–water partition coefficient (Wildman–Crippen LogP) is 3.24. The Balaban J connectivity index is 1.81. The standard InChI is InChI=1S/C18H24ClNO2/c1-13-7-10-20(11-14(13)12-21)17(22)18(8-2-9-18)15-3-5-16(19)6-4-15/h3-6,13-14,21H,2,7-12H2,1H3/t13-,14+/m0/s1. The highest BCUT2D eigenvalue weighted by Gasteiger charge is 2.48. The summed E-state index contributed by atoms with van der Waals surface area (Å²) in [6.45, 7) is 3.83. The van der Waals surface area contributed by atoms with Crippen LogP contribution in [0, 0.1) is 11.8 Å². The lowest BCUT2D eigenvalue weighted by molar-refractivity contribution is -0.144. The highest BCUT2D eigenvalue weighted by Crippen LogP contribution is 2.46. The van der Waals surface area contributed by atoms with E-state index in [1.54, 1.807) is 0 Å². The van der Waals surface area contributed by atoms with Crippen LogP contribution in [-0.2, 0) is 10.2 Å². The van der Waals surface area contributed by atoms with E-state index in [4.69, 9.17) is 11.6 Å². The molecule has 0 aromatic heterocycles. The molecule has 0 spiro atoms. The Kier molecular flexibility index (Phi) is 4.47. The number of piperidine rings is 1. The molecule has 2 atom stereocenters. The topological polar surface area (TPSA) is 40.5 Å². The molecular formula is C18H24ClNO2. The van der Waals surface area contributed by atoms with Crippen molar-refractivity contribution in [1.29, 1.82) is 0 Å². The summed E-state index contributed by atoms with van der Waals surface area (Å²) in [5.41, 5.74) is 0.734. The second-order valence-corrected chi connectivity index (χ2v) is 7.34. The van der Waals surface area contributed by atoms with Crippen molar-refractivity contribution < 1.29 is 9.90 Å². The molecular weight excluding hydrogens is 298 g/mol. The van der Waals surface area contributed by atoms with Gasteiger partial charge in [0.15, 0.2) is 0 Å². The Morgan fingerprint density at radius 1 is 1.36 bits per heavy atom. The van der Waals surface area contributed by atoms with Gasteiger partial charge >= 0.3 is 0 Å². The van der Waals surface area contributed by atoms with Crippen LogP contribution in [0.3, 0.4) is 0 Å². The highest BCUT2D eigenvalue weighted by molar-refractivity contribution is 6.30. The zero-order valence-electron chi connectivity index (χ0n) is 13.1. The summed E-state index contributed by atoms with van der Waals surface area (Å²) < 4.78 is 0. The van der Waals surface area contributed by atoms with Crippen LogP contribution in [0.4, 0.5) is 0 Å². The summed E-state index contributed by atoms with van der Waals surface area (Å²) in [4.78, 5) is 15.1. The SMILES string of the molecule is C[C@H]1CCN(C(=O)C2(c3ccc(Cl)cc3)CCC2)C[C@@H]1CO. The average Bonchev–Trinajstić information content (AvgIpc) is 2.48. The molecule has 1 heterocycles. The van der Waals surface area contributed by atoms with Crippen molar-refractivity contribution in [2.24, 2.45) is 11.8 Å². The fourth-order valence-corrected chi connectivity index (χ4v) is 3.93. The number of benzene rings is 1. The number of aliphatic hydroxyl groups excluding tert-OH is 1. The Bertz CT molecular complexity index is 539. The second-order valence-electron chi connectivity index (χ2n) is 6.90. The van der Waals surface area contributed by atoms with Crippen LogP contribution < -0.4 is 0 Å². The molecule has 1 aromatic rings. The first-order chi connectivity index (χ1) is 10.6. The first-order valence-corrected chi connectivity index (χ1v) is 8.61. The van der Waals surface area contributed by atoms with E-state index in [-0.39, 0.29) is 23.8 Å². The zero-order chi connectivity index (χ0) is 15.7. The van der Waals surface area contributed by atoms with Crippen molar-refractivity contribution in [1.82, 2.24) is 4.90 Å². The number of amides is 1. The number of nitrogens with zero attached hydrogens (tertiary/aromatic N) is 1. The lowest BCUT2D eigenvalue weighted by atomic mass is 9.63. The molecule has 1 saturated carbocycles. The van der Waals surface area contributed by atoms with Gasteiger partial charge in [0.1, 0.15) is 0 Å². The van der Waals surface area contributed by atoms with Crippen LogP contribution in [0.25, 0.3) is 0 Å². The molecule has 3 nitrogen and oxygen atoms in total. The maximum atomic E-state index is 13.2. The number of rotatable bonds is 3. The van der Waals surface area contributed by atoms with Gasteiger partial charge in [0.05, 0.1) is 5.41 Å². The molecule has 120 valence electrons. The minimum atomic E-state index is -0.356. The van der Waals surface area contributed by atoms with Crippen molar-refractivity contribution in [3.8, 4) is 0 Å². The molecule has 0 unspecified atom stereocenters. The first-order valence-electron chi connectivity index (χ1n) is 8.23. The summed E-state index contributed by atoms with van der Waals surface area (Å²) in [6.07, 6.45) is 3.92. The van der Waals surface area contributed by atoms with E-state index in [0.29, 0.717) is 17.5 Å². The third kappa shape index (κ3) is 2.65. The fourth-order valence-electron chi connectivity index (χ4n) is 3.80. The Hall–Kier alpha value is -1.06. The average molecular weight is 322 g/mol. The number of carbonyl (C=O) groups is 1. The van der Waals surface area contributed by atoms with Crippen molar-refractivity contribution in [2.75, 3.05) is 19.7 Å². The number of likely N-dealkylation sites (tertiary alicyclic amines) is 1. The molecule has 3 rings (SSSR count). The molecule has 0 bridgehead atoms. The molecule has 1 aliphatic heterocycles. The predicted molar refractivity (Wildman–Crippen MR) is 87.9 cm³/mol. The van der Waals surface area contributed by atoms with Gasteiger partial charge in [0, 0.05) is 30.6 Å². The van der Waals surface area contributed by atoms with Crippen molar-refractivity contribution in [3.63, 3.8) is 0 Å². The van der Waals surface area contributed by atoms with Crippen molar-refractivity contribution in [3.05, 3.63) is 34.9 Å². The van der Waals surface area contributed by atoms with Crippen LogP contribution in [-0.4, -0.2) is 35.6 Å². The number of hydrogen-bond donors (Lipinski definition) is 1.